The normalized spacial score (nSPS) is 42.9. The molecule has 78 valence electrons. The minimum Gasteiger partial charge on any atom is -0.343 e. The van der Waals surface area contributed by atoms with E-state index in [0.29, 0.717) is 0 Å². The fraction of sp³-hybridized carbons (Fsp3) is 1.00. The van der Waals surface area contributed by atoms with Crippen molar-refractivity contribution in [3.63, 3.8) is 0 Å². The summed E-state index contributed by atoms with van der Waals surface area (Å²) in [5, 5.41) is 0. The van der Waals surface area contributed by atoms with Gasteiger partial charge >= 0.3 is 7.66 Å². The van der Waals surface area contributed by atoms with Crippen LogP contribution in [0.3, 0.4) is 0 Å². The summed E-state index contributed by atoms with van der Waals surface area (Å²) in [6.07, 6.45) is 0. The van der Waals surface area contributed by atoms with E-state index in [-0.39, 0.29) is 0 Å². The SMILES string of the molecule is COP1(O)=NP(C)(O)=NP(C)(C)=N1. The molecule has 0 saturated heterocycles. The van der Waals surface area contributed by atoms with Crippen LogP contribution in [0.15, 0.2) is 13.5 Å². The second kappa shape index (κ2) is 3.30. The molecule has 0 saturated carbocycles. The average Bonchev–Trinajstić information content (AvgIpc) is 1.79. The van der Waals surface area contributed by atoms with Gasteiger partial charge in [0.15, 0.2) is 0 Å². The molecule has 2 atom stereocenters. The predicted octanol–water partition coefficient (Wildman–Crippen LogP) is 2.61. The first-order chi connectivity index (χ1) is 5.68. The van der Waals surface area contributed by atoms with Crippen LogP contribution in [0.5, 0.6) is 0 Å². The molecule has 9 heteroatoms. The molecule has 0 aromatic rings. The van der Waals surface area contributed by atoms with Crippen LogP contribution in [0.4, 0.5) is 0 Å². The highest BCUT2D eigenvalue weighted by Crippen LogP contribution is 2.72. The second-order valence-electron chi connectivity index (χ2n) is 3.17. The van der Waals surface area contributed by atoms with Crippen LogP contribution in [0, 0.1) is 0 Å². The molecule has 0 bridgehead atoms. The third-order valence-corrected chi connectivity index (χ3v) is 9.82. The monoisotopic (exact) mass is 245 g/mol. The van der Waals surface area contributed by atoms with Gasteiger partial charge in [0.25, 0.3) is 0 Å². The maximum absolute atomic E-state index is 9.74. The average molecular weight is 245 g/mol. The van der Waals surface area contributed by atoms with E-state index in [0.717, 1.165) is 0 Å². The van der Waals surface area contributed by atoms with Crippen molar-refractivity contribution >= 4 is 22.3 Å². The van der Waals surface area contributed by atoms with E-state index in [1.165, 1.54) is 13.8 Å². The van der Waals surface area contributed by atoms with Crippen LogP contribution in [0.25, 0.3) is 0 Å². The van der Waals surface area contributed by atoms with Gasteiger partial charge < -0.3 is 14.3 Å². The van der Waals surface area contributed by atoms with Gasteiger partial charge in [-0.3, -0.25) is 0 Å². The highest BCUT2D eigenvalue weighted by Gasteiger charge is 2.27. The van der Waals surface area contributed by atoms with Crippen LogP contribution in [-0.2, 0) is 4.52 Å². The molecule has 1 rings (SSSR count). The Labute approximate surface area is 77.9 Å². The smallest absolute Gasteiger partial charge is 0.340 e. The fourth-order valence-corrected chi connectivity index (χ4v) is 10.4. The molecule has 1 aliphatic heterocycles. The molecular weight excluding hydrogens is 231 g/mol. The van der Waals surface area contributed by atoms with Gasteiger partial charge in [-0.25, -0.2) is 4.52 Å². The topological polar surface area (TPSA) is 86.8 Å². The molecule has 0 fully saturated rings. The van der Waals surface area contributed by atoms with Gasteiger partial charge in [-0.05, 0) is 13.3 Å². The van der Waals surface area contributed by atoms with Crippen LogP contribution in [0.1, 0.15) is 0 Å². The molecule has 0 amide bonds. The lowest BCUT2D eigenvalue weighted by molar-refractivity contribution is 0.379. The second-order valence-corrected chi connectivity index (χ2v) is 11.1. The standard InChI is InChI=1S/C4H14N3O3P3/c1-10-13(9)6-11(2,3)5-12(4,8)7-13/h8-9H,1-4H3. The van der Waals surface area contributed by atoms with E-state index < -0.39 is 22.3 Å². The summed E-state index contributed by atoms with van der Waals surface area (Å²) >= 11 is 0. The third-order valence-electron chi connectivity index (χ3n) is 1.25. The lowest BCUT2D eigenvalue weighted by Gasteiger charge is -2.24. The number of nitrogens with zero attached hydrogens (tertiary/aromatic N) is 3. The van der Waals surface area contributed by atoms with Gasteiger partial charge in [-0.2, -0.15) is 9.03 Å². The molecule has 0 spiro atoms. The Kier molecular flexibility index (Phi) is 2.96. The molecule has 1 aliphatic rings. The number of rotatable bonds is 1. The summed E-state index contributed by atoms with van der Waals surface area (Å²) in [6, 6.07) is 0. The van der Waals surface area contributed by atoms with Crippen LogP contribution < -0.4 is 0 Å². The van der Waals surface area contributed by atoms with Crippen molar-refractivity contribution in [3.05, 3.63) is 0 Å². The summed E-state index contributed by atoms with van der Waals surface area (Å²) in [4.78, 5) is 19.5. The number of hydrogen-bond acceptors (Lipinski definition) is 4. The van der Waals surface area contributed by atoms with Crippen molar-refractivity contribution in [2.24, 2.45) is 13.5 Å². The molecule has 2 unspecified atom stereocenters. The highest BCUT2D eigenvalue weighted by atomic mass is 31.3. The quantitative estimate of drug-likeness (QED) is 0.696. The van der Waals surface area contributed by atoms with Gasteiger partial charge in [0.2, 0.25) is 7.43 Å². The van der Waals surface area contributed by atoms with Crippen molar-refractivity contribution in [1.29, 1.82) is 0 Å². The minimum absolute atomic E-state index is 1.34. The zero-order valence-electron chi connectivity index (χ0n) is 7.99. The van der Waals surface area contributed by atoms with E-state index in [1.54, 1.807) is 13.3 Å². The Balaban J connectivity index is 3.44. The summed E-state index contributed by atoms with van der Waals surface area (Å²) < 4.78 is 16.8. The van der Waals surface area contributed by atoms with Crippen molar-refractivity contribution in [2.45, 2.75) is 0 Å². The predicted molar refractivity (Wildman–Crippen MR) is 57.3 cm³/mol. The highest BCUT2D eigenvalue weighted by molar-refractivity contribution is 7.81. The first-order valence-corrected chi connectivity index (χ1v) is 9.78. The van der Waals surface area contributed by atoms with Gasteiger partial charge in [0, 0.05) is 13.8 Å². The summed E-state index contributed by atoms with van der Waals surface area (Å²) in [6.45, 7) is 5.13. The van der Waals surface area contributed by atoms with Crippen molar-refractivity contribution in [1.82, 2.24) is 0 Å². The van der Waals surface area contributed by atoms with Gasteiger partial charge in [-0.15, -0.1) is 0 Å². The van der Waals surface area contributed by atoms with Crippen molar-refractivity contribution < 1.29 is 14.3 Å². The maximum Gasteiger partial charge on any atom is 0.340 e. The van der Waals surface area contributed by atoms with Gasteiger partial charge in [-0.1, -0.05) is 0 Å². The molecule has 13 heavy (non-hydrogen) atoms. The Morgan fingerprint density at radius 2 is 1.54 bits per heavy atom. The molecule has 0 radical (unpaired) electrons. The Hall–Kier alpha value is 0.570. The van der Waals surface area contributed by atoms with Crippen LogP contribution in [0.2, 0.25) is 0 Å². The Morgan fingerprint density at radius 1 is 1.00 bits per heavy atom. The first kappa shape index (κ1) is 11.6. The molecule has 0 aliphatic carbocycles. The van der Waals surface area contributed by atoms with Crippen molar-refractivity contribution in [3.8, 4) is 0 Å². The van der Waals surface area contributed by atoms with Crippen molar-refractivity contribution in [2.75, 3.05) is 27.1 Å². The molecule has 1 heterocycles. The van der Waals surface area contributed by atoms with E-state index >= 15 is 0 Å². The van der Waals surface area contributed by atoms with Crippen LogP contribution in [-0.4, -0.2) is 36.9 Å². The summed E-state index contributed by atoms with van der Waals surface area (Å²) in [5.74, 6) is 0. The molecule has 6 nitrogen and oxygen atoms in total. The van der Waals surface area contributed by atoms with E-state index in [2.05, 4.69) is 13.5 Å². The lowest BCUT2D eigenvalue weighted by atomic mass is 11.8. The van der Waals surface area contributed by atoms with Gasteiger partial charge in [0.1, 0.15) is 0 Å². The zero-order chi connectivity index (χ0) is 10.3. The van der Waals surface area contributed by atoms with Crippen LogP contribution >= 0.6 is 22.3 Å². The molecule has 0 aromatic carbocycles. The van der Waals surface area contributed by atoms with Gasteiger partial charge in [0.05, 0.1) is 7.21 Å². The molecular formula is C4H14N3O3P3. The third kappa shape index (κ3) is 3.02. The fourth-order valence-electron chi connectivity index (χ4n) is 1.05. The molecule has 0 aromatic heterocycles. The summed E-state index contributed by atoms with van der Waals surface area (Å²) in [5.41, 5.74) is 0. The van der Waals surface area contributed by atoms with E-state index in [1.807, 2.05) is 0 Å². The zero-order valence-corrected chi connectivity index (χ0v) is 10.7. The summed E-state index contributed by atoms with van der Waals surface area (Å²) in [7, 11) is -6.43. The molecule has 2 N–H and O–H groups in total. The van der Waals surface area contributed by atoms with E-state index in [9.17, 15) is 9.79 Å². The van der Waals surface area contributed by atoms with E-state index in [4.69, 9.17) is 4.52 Å². The largest absolute Gasteiger partial charge is 0.343 e. The Morgan fingerprint density at radius 3 is 1.92 bits per heavy atom. The lowest BCUT2D eigenvalue weighted by Crippen LogP contribution is -1.87. The minimum atomic E-state index is -3.08. The first-order valence-electron chi connectivity index (χ1n) is 3.53. The number of hydrogen-bond donors (Lipinski definition) is 2. The maximum atomic E-state index is 9.74. The Bertz CT molecular complexity index is 368.